The molecule has 0 spiro atoms. The molecule has 1 aromatic carbocycles. The van der Waals surface area contributed by atoms with Crippen LogP contribution in [0.1, 0.15) is 43.4 Å². The Morgan fingerprint density at radius 3 is 2.76 bits per heavy atom. The number of carbonyl (C=O) groups excluding carboxylic acids is 1. The van der Waals surface area contributed by atoms with Crippen LogP contribution in [0.25, 0.3) is 11.2 Å². The molecule has 2 heterocycles. The van der Waals surface area contributed by atoms with Gasteiger partial charge in [-0.15, -0.1) is 0 Å². The Balaban J connectivity index is 1.95. The van der Waals surface area contributed by atoms with Crippen molar-refractivity contribution in [2.24, 2.45) is 0 Å². The van der Waals surface area contributed by atoms with Gasteiger partial charge in [0, 0.05) is 11.6 Å². The minimum atomic E-state index is -0.373. The number of unbranched alkanes of at least 4 members (excludes halogenated alkanes) is 1. The molecule has 11 nitrogen and oxygen atoms in total. The number of carbonyl (C=O) groups is 1. The number of nitrogens with two attached hydrogens (primary N) is 1. The molecule has 4 N–H and O–H groups in total. The number of ether oxygens (including phenoxy) is 3. The van der Waals surface area contributed by atoms with E-state index < -0.39 is 0 Å². The monoisotopic (exact) mass is 458 g/mol. The summed E-state index contributed by atoms with van der Waals surface area (Å²) in [7, 11) is 4.67. The molecule has 3 rings (SSSR count). The van der Waals surface area contributed by atoms with Crippen molar-refractivity contribution in [1.82, 2.24) is 24.8 Å². The van der Waals surface area contributed by atoms with Gasteiger partial charge in [-0.25, -0.2) is 4.79 Å². The highest BCUT2D eigenvalue weighted by atomic mass is 16.5. The normalized spacial score (nSPS) is 12.0. The number of nitrogen functional groups attached to an aromatic ring is 1. The summed E-state index contributed by atoms with van der Waals surface area (Å²) in [5.74, 6) is 0.390. The maximum atomic E-state index is 12.7. The van der Waals surface area contributed by atoms with Crippen LogP contribution in [0.15, 0.2) is 23.0 Å². The minimum Gasteiger partial charge on any atom is -0.496 e. The zero-order chi connectivity index (χ0) is 24.0. The molecule has 1 unspecified atom stereocenters. The molecule has 0 aliphatic rings. The molecule has 0 saturated carbocycles. The number of imidazole rings is 1. The van der Waals surface area contributed by atoms with Gasteiger partial charge in [0.25, 0.3) is 0 Å². The van der Waals surface area contributed by atoms with E-state index in [-0.39, 0.29) is 42.5 Å². The Bertz CT molecular complexity index is 1170. The Kier molecular flexibility index (Phi) is 7.88. The van der Waals surface area contributed by atoms with Crippen molar-refractivity contribution >= 4 is 23.0 Å². The number of H-pyrrole nitrogens is 1. The first kappa shape index (κ1) is 24.1. The lowest BCUT2D eigenvalue weighted by Gasteiger charge is -2.18. The Labute approximate surface area is 191 Å². The molecule has 0 bridgehead atoms. The van der Waals surface area contributed by atoms with Crippen molar-refractivity contribution in [3.63, 3.8) is 0 Å². The van der Waals surface area contributed by atoms with Crippen LogP contribution in [0.5, 0.6) is 11.8 Å². The van der Waals surface area contributed by atoms with Gasteiger partial charge >= 0.3 is 17.7 Å². The smallest absolute Gasteiger partial charge is 0.328 e. The van der Waals surface area contributed by atoms with Gasteiger partial charge in [-0.1, -0.05) is 25.5 Å². The number of hydrogen-bond donors (Lipinski definition) is 3. The standard InChI is InChI=1S/C22H30N6O5/c1-5-6-9-33-21-26-19(23)18-20(27-21)28(22(30)25-18)12-14-8-7-13(10-16(14)31-3)15(24-2)11-17(29)32-4/h7-8,10,15,24H,5-6,9,11-12H2,1-4H3,(H,25,30)(H2,23,26,27). The molecule has 0 aliphatic heterocycles. The van der Waals surface area contributed by atoms with E-state index in [9.17, 15) is 9.59 Å². The molecule has 178 valence electrons. The van der Waals surface area contributed by atoms with Crippen LogP contribution in [0, 0.1) is 0 Å². The topological polar surface area (TPSA) is 146 Å². The van der Waals surface area contributed by atoms with Crippen molar-refractivity contribution in [3.8, 4) is 11.8 Å². The number of fused-ring (bicyclic) bond motifs is 1. The van der Waals surface area contributed by atoms with Crippen molar-refractivity contribution in [2.75, 3.05) is 33.6 Å². The van der Waals surface area contributed by atoms with E-state index in [1.807, 2.05) is 18.2 Å². The van der Waals surface area contributed by atoms with Gasteiger partial charge < -0.3 is 30.2 Å². The predicted octanol–water partition coefficient (Wildman–Crippen LogP) is 1.76. The van der Waals surface area contributed by atoms with E-state index in [2.05, 4.69) is 27.2 Å². The molecule has 3 aromatic rings. The zero-order valence-electron chi connectivity index (χ0n) is 19.3. The summed E-state index contributed by atoms with van der Waals surface area (Å²) in [4.78, 5) is 35.6. The second-order valence-corrected chi connectivity index (χ2v) is 7.50. The van der Waals surface area contributed by atoms with Crippen LogP contribution in [-0.2, 0) is 16.1 Å². The third-order valence-electron chi connectivity index (χ3n) is 5.35. The zero-order valence-corrected chi connectivity index (χ0v) is 19.3. The number of rotatable bonds is 11. The number of aromatic nitrogens is 4. The van der Waals surface area contributed by atoms with E-state index >= 15 is 0 Å². The van der Waals surface area contributed by atoms with Crippen LogP contribution in [0.2, 0.25) is 0 Å². The summed E-state index contributed by atoms with van der Waals surface area (Å²) in [5.41, 5.74) is 7.97. The maximum absolute atomic E-state index is 12.7. The second-order valence-electron chi connectivity index (χ2n) is 7.50. The summed E-state index contributed by atoms with van der Waals surface area (Å²) < 4.78 is 17.4. The first-order chi connectivity index (χ1) is 15.9. The lowest BCUT2D eigenvalue weighted by molar-refractivity contribution is -0.141. The Morgan fingerprint density at radius 1 is 1.30 bits per heavy atom. The third kappa shape index (κ3) is 5.43. The summed E-state index contributed by atoms with van der Waals surface area (Å²) in [5, 5.41) is 3.11. The largest absolute Gasteiger partial charge is 0.496 e. The fourth-order valence-electron chi connectivity index (χ4n) is 3.47. The molecule has 33 heavy (non-hydrogen) atoms. The van der Waals surface area contributed by atoms with E-state index in [0.29, 0.717) is 23.5 Å². The molecule has 11 heteroatoms. The van der Waals surface area contributed by atoms with Gasteiger partial charge in [0.2, 0.25) is 0 Å². The summed E-state index contributed by atoms with van der Waals surface area (Å²) >= 11 is 0. The van der Waals surface area contributed by atoms with Crippen LogP contribution < -0.4 is 26.2 Å². The average molecular weight is 459 g/mol. The Morgan fingerprint density at radius 2 is 2.09 bits per heavy atom. The van der Waals surface area contributed by atoms with Crippen LogP contribution in [0.4, 0.5) is 5.82 Å². The number of anilines is 1. The van der Waals surface area contributed by atoms with Crippen LogP contribution >= 0.6 is 0 Å². The average Bonchev–Trinajstić information content (AvgIpc) is 3.13. The van der Waals surface area contributed by atoms with E-state index in [4.69, 9.17) is 19.9 Å². The molecule has 0 amide bonds. The van der Waals surface area contributed by atoms with Crippen LogP contribution in [-0.4, -0.2) is 53.4 Å². The fourth-order valence-corrected chi connectivity index (χ4v) is 3.47. The number of esters is 1. The molecular formula is C22H30N6O5. The van der Waals surface area contributed by atoms with Gasteiger partial charge in [-0.2, -0.15) is 9.97 Å². The minimum absolute atomic E-state index is 0.128. The number of nitrogens with zero attached hydrogens (tertiary/aromatic N) is 3. The number of hydrogen-bond acceptors (Lipinski definition) is 9. The first-order valence-corrected chi connectivity index (χ1v) is 10.7. The quantitative estimate of drug-likeness (QED) is 0.289. The molecule has 0 saturated heterocycles. The van der Waals surface area contributed by atoms with Crippen molar-refractivity contribution in [2.45, 2.75) is 38.8 Å². The SMILES string of the molecule is CCCCOc1nc(N)c2[nH]c(=O)n(Cc3ccc(C(CC(=O)OC)NC)cc3OC)c2n1. The molecule has 1 atom stereocenters. The third-order valence-corrected chi connectivity index (χ3v) is 5.35. The van der Waals surface area contributed by atoms with E-state index in [1.54, 1.807) is 14.2 Å². The predicted molar refractivity (Wildman–Crippen MR) is 123 cm³/mol. The fraction of sp³-hybridized carbons (Fsp3) is 0.455. The van der Waals surface area contributed by atoms with Gasteiger partial charge in [0.15, 0.2) is 11.5 Å². The van der Waals surface area contributed by atoms with Crippen molar-refractivity contribution in [3.05, 3.63) is 39.8 Å². The Hall–Kier alpha value is -3.60. The van der Waals surface area contributed by atoms with Crippen molar-refractivity contribution < 1.29 is 19.0 Å². The lowest BCUT2D eigenvalue weighted by atomic mass is 10.0. The van der Waals surface area contributed by atoms with Crippen LogP contribution in [0.3, 0.4) is 0 Å². The summed E-state index contributed by atoms with van der Waals surface area (Å²) in [6, 6.07) is 5.45. The number of methoxy groups -OCH3 is 2. The molecule has 0 radical (unpaired) electrons. The molecular weight excluding hydrogens is 428 g/mol. The van der Waals surface area contributed by atoms with Gasteiger partial charge in [0.05, 0.1) is 33.8 Å². The maximum Gasteiger partial charge on any atom is 0.328 e. The van der Waals surface area contributed by atoms with Crippen molar-refractivity contribution in [1.29, 1.82) is 0 Å². The van der Waals surface area contributed by atoms with Gasteiger partial charge in [-0.05, 0) is 25.1 Å². The first-order valence-electron chi connectivity index (χ1n) is 10.7. The number of aromatic amines is 1. The van der Waals surface area contributed by atoms with E-state index in [1.165, 1.54) is 11.7 Å². The highest BCUT2D eigenvalue weighted by molar-refractivity contribution is 5.82. The molecule has 2 aromatic heterocycles. The van der Waals surface area contributed by atoms with E-state index in [0.717, 1.165) is 24.0 Å². The molecule has 0 fully saturated rings. The van der Waals surface area contributed by atoms with Gasteiger partial charge in [0.1, 0.15) is 11.3 Å². The summed E-state index contributed by atoms with van der Waals surface area (Å²) in [6.45, 7) is 2.70. The summed E-state index contributed by atoms with van der Waals surface area (Å²) in [6.07, 6.45) is 2.00. The highest BCUT2D eigenvalue weighted by Crippen LogP contribution is 2.27. The second kappa shape index (κ2) is 10.8. The molecule has 0 aliphatic carbocycles. The highest BCUT2D eigenvalue weighted by Gasteiger charge is 2.19. The lowest BCUT2D eigenvalue weighted by Crippen LogP contribution is -2.21. The van der Waals surface area contributed by atoms with Gasteiger partial charge in [-0.3, -0.25) is 9.36 Å². The number of benzene rings is 1. The number of nitrogens with one attached hydrogen (secondary N) is 2.